The first kappa shape index (κ1) is 14.0. The van der Waals surface area contributed by atoms with Gasteiger partial charge in [0.2, 0.25) is 10.0 Å². The molecule has 0 heterocycles. The number of hydrogen-bond acceptors (Lipinski definition) is 3. The van der Waals surface area contributed by atoms with Crippen LogP contribution in [-0.4, -0.2) is 20.0 Å². The van der Waals surface area contributed by atoms with Crippen molar-refractivity contribution in [1.82, 2.24) is 4.72 Å². The van der Waals surface area contributed by atoms with Gasteiger partial charge in [-0.15, -0.1) is 0 Å². The lowest BCUT2D eigenvalue weighted by Gasteiger charge is -2.15. The van der Waals surface area contributed by atoms with Gasteiger partial charge in [-0.25, -0.2) is 13.1 Å². The number of sulfonamides is 1. The Hall–Kier alpha value is -0.980. The number of rotatable bonds is 6. The molecular formula is C14H18N2O2S2. The topological polar surface area (TPSA) is 72.2 Å². The third kappa shape index (κ3) is 2.73. The molecule has 4 nitrogen and oxygen atoms in total. The molecule has 2 saturated carbocycles. The highest BCUT2D eigenvalue weighted by Gasteiger charge is 2.53. The summed E-state index contributed by atoms with van der Waals surface area (Å²) in [7, 11) is -3.48. The fourth-order valence-corrected chi connectivity index (χ4v) is 4.04. The minimum atomic E-state index is -3.48. The Morgan fingerprint density at radius 3 is 2.65 bits per heavy atom. The number of hydrogen-bond donors (Lipinski definition) is 2. The van der Waals surface area contributed by atoms with Crippen molar-refractivity contribution in [2.75, 3.05) is 6.54 Å². The van der Waals surface area contributed by atoms with Crippen molar-refractivity contribution < 1.29 is 8.42 Å². The van der Waals surface area contributed by atoms with Gasteiger partial charge < -0.3 is 5.73 Å². The van der Waals surface area contributed by atoms with Gasteiger partial charge in [0.05, 0.1) is 4.90 Å². The van der Waals surface area contributed by atoms with Crippen LogP contribution in [0, 0.1) is 11.3 Å². The molecular weight excluding hydrogens is 292 g/mol. The molecule has 3 rings (SSSR count). The summed E-state index contributed by atoms with van der Waals surface area (Å²) in [6, 6.07) is 6.48. The molecule has 0 aromatic heterocycles. The van der Waals surface area contributed by atoms with E-state index in [0.717, 1.165) is 18.8 Å². The van der Waals surface area contributed by atoms with Crippen LogP contribution in [-0.2, 0) is 10.0 Å². The molecule has 2 fully saturated rings. The molecule has 108 valence electrons. The van der Waals surface area contributed by atoms with Crippen LogP contribution in [0.15, 0.2) is 29.2 Å². The molecule has 1 aromatic rings. The summed E-state index contributed by atoms with van der Waals surface area (Å²) in [5.41, 5.74) is 6.36. The molecule has 1 aromatic carbocycles. The SMILES string of the molecule is NC(=S)c1cccc(S(=O)(=O)NCC2(C3CC3)CC2)c1. The third-order valence-electron chi connectivity index (χ3n) is 4.38. The minimum Gasteiger partial charge on any atom is -0.389 e. The van der Waals surface area contributed by atoms with Gasteiger partial charge in [0.1, 0.15) is 4.99 Å². The van der Waals surface area contributed by atoms with E-state index in [1.54, 1.807) is 18.2 Å². The monoisotopic (exact) mass is 310 g/mol. The number of nitrogens with two attached hydrogens (primary N) is 1. The highest BCUT2D eigenvalue weighted by atomic mass is 32.2. The Labute approximate surface area is 124 Å². The maximum atomic E-state index is 12.3. The first-order chi connectivity index (χ1) is 9.43. The normalized spacial score (nSPS) is 20.6. The summed E-state index contributed by atoms with van der Waals surface area (Å²) >= 11 is 4.88. The van der Waals surface area contributed by atoms with Crippen molar-refractivity contribution >= 4 is 27.2 Å². The Kier molecular flexibility index (Phi) is 3.35. The zero-order valence-electron chi connectivity index (χ0n) is 11.1. The van der Waals surface area contributed by atoms with E-state index in [9.17, 15) is 8.42 Å². The summed E-state index contributed by atoms with van der Waals surface area (Å²) in [4.78, 5) is 0.438. The Balaban J connectivity index is 1.74. The first-order valence-corrected chi connectivity index (χ1v) is 8.72. The smallest absolute Gasteiger partial charge is 0.240 e. The maximum absolute atomic E-state index is 12.3. The number of nitrogens with one attached hydrogen (secondary N) is 1. The molecule has 0 radical (unpaired) electrons. The molecule has 0 amide bonds. The second-order valence-corrected chi connectivity index (χ2v) is 8.06. The zero-order chi connectivity index (χ0) is 14.4. The Morgan fingerprint density at radius 1 is 1.40 bits per heavy atom. The van der Waals surface area contributed by atoms with Crippen molar-refractivity contribution in [2.24, 2.45) is 17.1 Å². The van der Waals surface area contributed by atoms with E-state index in [4.69, 9.17) is 18.0 Å². The fraction of sp³-hybridized carbons (Fsp3) is 0.500. The van der Waals surface area contributed by atoms with Gasteiger partial charge in [-0.05, 0) is 49.1 Å². The van der Waals surface area contributed by atoms with Crippen LogP contribution in [0.5, 0.6) is 0 Å². The summed E-state index contributed by atoms with van der Waals surface area (Å²) in [6.45, 7) is 0.553. The van der Waals surface area contributed by atoms with Crippen molar-refractivity contribution in [3.63, 3.8) is 0 Å². The van der Waals surface area contributed by atoms with Crippen molar-refractivity contribution in [2.45, 2.75) is 30.6 Å². The molecule has 0 aliphatic heterocycles. The zero-order valence-corrected chi connectivity index (χ0v) is 12.8. The van der Waals surface area contributed by atoms with Gasteiger partial charge in [0, 0.05) is 12.1 Å². The molecule has 0 spiro atoms. The molecule has 0 bridgehead atoms. The fourth-order valence-electron chi connectivity index (χ4n) is 2.72. The third-order valence-corrected chi connectivity index (χ3v) is 6.01. The molecule has 6 heteroatoms. The van der Waals surface area contributed by atoms with E-state index in [1.165, 1.54) is 18.9 Å². The van der Waals surface area contributed by atoms with Gasteiger partial charge in [-0.3, -0.25) is 0 Å². The molecule has 0 unspecified atom stereocenters. The summed E-state index contributed by atoms with van der Waals surface area (Å²) in [5.74, 6) is 0.730. The number of thiocarbonyl (C=S) groups is 1. The largest absolute Gasteiger partial charge is 0.389 e. The Bertz CT molecular complexity index is 647. The predicted octanol–water partition coefficient (Wildman–Crippen LogP) is 1.79. The van der Waals surface area contributed by atoms with Crippen molar-refractivity contribution in [3.8, 4) is 0 Å². The van der Waals surface area contributed by atoms with E-state index in [0.29, 0.717) is 12.1 Å². The second-order valence-electron chi connectivity index (χ2n) is 5.85. The van der Waals surface area contributed by atoms with Crippen LogP contribution in [0.3, 0.4) is 0 Å². The summed E-state index contributed by atoms with van der Waals surface area (Å²) < 4.78 is 27.4. The average Bonchev–Trinajstić information content (AvgIpc) is 3.28. The minimum absolute atomic E-state index is 0.207. The molecule has 0 saturated heterocycles. The quantitative estimate of drug-likeness (QED) is 0.786. The van der Waals surface area contributed by atoms with E-state index in [1.807, 2.05) is 0 Å². The van der Waals surface area contributed by atoms with E-state index in [2.05, 4.69) is 4.72 Å². The van der Waals surface area contributed by atoms with Gasteiger partial charge in [0.25, 0.3) is 0 Å². The molecule has 0 atom stereocenters. The molecule has 2 aliphatic rings. The standard InChI is InChI=1S/C14H18N2O2S2/c15-13(19)10-2-1-3-12(8-10)20(17,18)16-9-14(6-7-14)11-4-5-11/h1-3,8,11,16H,4-7,9H2,(H2,15,19). The molecule has 3 N–H and O–H groups in total. The highest BCUT2D eigenvalue weighted by Crippen LogP contribution is 2.60. The summed E-state index contributed by atoms with van der Waals surface area (Å²) in [5, 5.41) is 0. The predicted molar refractivity (Wildman–Crippen MR) is 81.9 cm³/mol. The van der Waals surface area contributed by atoms with Crippen LogP contribution in [0.1, 0.15) is 31.2 Å². The van der Waals surface area contributed by atoms with E-state index < -0.39 is 10.0 Å². The Morgan fingerprint density at radius 2 is 2.10 bits per heavy atom. The van der Waals surface area contributed by atoms with Crippen LogP contribution in [0.2, 0.25) is 0 Å². The maximum Gasteiger partial charge on any atom is 0.240 e. The van der Waals surface area contributed by atoms with Crippen molar-refractivity contribution in [1.29, 1.82) is 0 Å². The second kappa shape index (κ2) is 4.79. The molecule has 20 heavy (non-hydrogen) atoms. The van der Waals surface area contributed by atoms with Crippen molar-refractivity contribution in [3.05, 3.63) is 29.8 Å². The van der Waals surface area contributed by atoms with Crippen LogP contribution in [0.4, 0.5) is 0 Å². The lowest BCUT2D eigenvalue weighted by molar-refractivity contribution is 0.432. The van der Waals surface area contributed by atoms with Gasteiger partial charge in [-0.1, -0.05) is 24.4 Å². The van der Waals surface area contributed by atoms with Crippen LogP contribution in [0.25, 0.3) is 0 Å². The van der Waals surface area contributed by atoms with Crippen LogP contribution >= 0.6 is 12.2 Å². The first-order valence-electron chi connectivity index (χ1n) is 6.83. The lowest BCUT2D eigenvalue weighted by atomic mass is 10.0. The molecule has 2 aliphatic carbocycles. The number of benzene rings is 1. The summed E-state index contributed by atoms with van der Waals surface area (Å²) in [6.07, 6.45) is 4.79. The van der Waals surface area contributed by atoms with E-state index >= 15 is 0 Å². The van der Waals surface area contributed by atoms with Gasteiger partial charge >= 0.3 is 0 Å². The highest BCUT2D eigenvalue weighted by molar-refractivity contribution is 7.89. The van der Waals surface area contributed by atoms with Gasteiger partial charge in [0.15, 0.2) is 0 Å². The van der Waals surface area contributed by atoms with Crippen LogP contribution < -0.4 is 10.5 Å². The van der Waals surface area contributed by atoms with Gasteiger partial charge in [-0.2, -0.15) is 0 Å². The average molecular weight is 310 g/mol. The van der Waals surface area contributed by atoms with E-state index in [-0.39, 0.29) is 15.3 Å². The lowest BCUT2D eigenvalue weighted by Crippen LogP contribution is -2.31.